The van der Waals surface area contributed by atoms with Crippen molar-refractivity contribution < 1.29 is 8.78 Å². The number of hydrogen-bond acceptors (Lipinski definition) is 1. The van der Waals surface area contributed by atoms with Crippen LogP contribution in [0.3, 0.4) is 0 Å². The minimum Gasteiger partial charge on any atom is -0.313 e. The summed E-state index contributed by atoms with van der Waals surface area (Å²) in [7, 11) is 0. The van der Waals surface area contributed by atoms with Crippen molar-refractivity contribution in [3.05, 3.63) is 41.0 Å². The van der Waals surface area contributed by atoms with Gasteiger partial charge >= 0.3 is 0 Å². The van der Waals surface area contributed by atoms with Crippen LogP contribution in [0, 0.1) is 11.6 Å². The van der Waals surface area contributed by atoms with Crippen molar-refractivity contribution >= 4 is 6.08 Å². The van der Waals surface area contributed by atoms with Gasteiger partial charge in [-0.3, -0.25) is 0 Å². The molecular weight excluding hydrogens is 208 g/mol. The van der Waals surface area contributed by atoms with E-state index in [2.05, 4.69) is 12.2 Å². The van der Waals surface area contributed by atoms with Crippen LogP contribution in [0.25, 0.3) is 6.08 Å². The summed E-state index contributed by atoms with van der Waals surface area (Å²) >= 11 is 0. The molecule has 0 aliphatic rings. The van der Waals surface area contributed by atoms with Crippen molar-refractivity contribution in [2.75, 3.05) is 13.1 Å². The standard InChI is InChI=1S/C13H17F2N/c1-3-6-16-9-10(2)7-11-4-5-12(14)8-13(11)15/h4-5,7-8,16H,3,6,9H2,1-2H3. The lowest BCUT2D eigenvalue weighted by molar-refractivity contribution is 0.581. The minimum atomic E-state index is -0.545. The maximum atomic E-state index is 13.3. The van der Waals surface area contributed by atoms with Gasteiger partial charge in [0.25, 0.3) is 0 Å². The van der Waals surface area contributed by atoms with Gasteiger partial charge in [0.1, 0.15) is 11.6 Å². The van der Waals surface area contributed by atoms with Gasteiger partial charge in [-0.05, 0) is 32.0 Å². The molecule has 0 fully saturated rings. The van der Waals surface area contributed by atoms with Gasteiger partial charge in [-0.1, -0.05) is 18.6 Å². The second kappa shape index (κ2) is 6.38. The number of rotatable bonds is 5. The summed E-state index contributed by atoms with van der Waals surface area (Å²) in [6.45, 7) is 5.68. The van der Waals surface area contributed by atoms with E-state index in [1.54, 1.807) is 6.08 Å². The molecule has 1 aromatic rings. The first kappa shape index (κ1) is 12.8. The van der Waals surface area contributed by atoms with Gasteiger partial charge in [0, 0.05) is 18.2 Å². The fourth-order valence-electron chi connectivity index (χ4n) is 1.40. The molecule has 0 saturated heterocycles. The van der Waals surface area contributed by atoms with E-state index in [1.807, 2.05) is 6.92 Å². The Bertz CT molecular complexity index is 372. The van der Waals surface area contributed by atoms with Gasteiger partial charge in [-0.2, -0.15) is 0 Å². The molecule has 0 saturated carbocycles. The van der Waals surface area contributed by atoms with Crippen molar-refractivity contribution in [3.8, 4) is 0 Å². The van der Waals surface area contributed by atoms with Crippen LogP contribution in [0.2, 0.25) is 0 Å². The SMILES string of the molecule is CCCNCC(C)=Cc1ccc(F)cc1F. The first-order valence-electron chi connectivity index (χ1n) is 5.46. The highest BCUT2D eigenvalue weighted by molar-refractivity contribution is 5.53. The van der Waals surface area contributed by atoms with E-state index in [0.29, 0.717) is 5.56 Å². The van der Waals surface area contributed by atoms with E-state index < -0.39 is 11.6 Å². The molecule has 3 heteroatoms. The highest BCUT2D eigenvalue weighted by Gasteiger charge is 2.01. The molecule has 88 valence electrons. The highest BCUT2D eigenvalue weighted by Crippen LogP contribution is 2.13. The van der Waals surface area contributed by atoms with Gasteiger partial charge in [0.2, 0.25) is 0 Å². The lowest BCUT2D eigenvalue weighted by atomic mass is 10.1. The average Bonchev–Trinajstić information content (AvgIpc) is 2.23. The van der Waals surface area contributed by atoms with Gasteiger partial charge in [-0.15, -0.1) is 0 Å². The molecule has 0 radical (unpaired) electrons. The zero-order chi connectivity index (χ0) is 12.0. The number of benzene rings is 1. The quantitative estimate of drug-likeness (QED) is 0.758. The normalized spacial score (nSPS) is 11.9. The van der Waals surface area contributed by atoms with Crippen LogP contribution >= 0.6 is 0 Å². The Morgan fingerprint density at radius 3 is 2.75 bits per heavy atom. The molecule has 0 heterocycles. The summed E-state index contributed by atoms with van der Waals surface area (Å²) in [5.74, 6) is -1.06. The molecule has 0 spiro atoms. The summed E-state index contributed by atoms with van der Waals surface area (Å²) in [6.07, 6.45) is 2.80. The Morgan fingerprint density at radius 2 is 2.12 bits per heavy atom. The van der Waals surface area contributed by atoms with E-state index in [9.17, 15) is 8.78 Å². The predicted molar refractivity (Wildman–Crippen MR) is 63.2 cm³/mol. The monoisotopic (exact) mass is 225 g/mol. The zero-order valence-corrected chi connectivity index (χ0v) is 9.69. The molecule has 0 unspecified atom stereocenters. The Morgan fingerprint density at radius 1 is 1.38 bits per heavy atom. The van der Waals surface area contributed by atoms with Crippen LogP contribution in [-0.4, -0.2) is 13.1 Å². The Labute approximate surface area is 95.2 Å². The zero-order valence-electron chi connectivity index (χ0n) is 9.69. The van der Waals surface area contributed by atoms with Crippen LogP contribution in [0.15, 0.2) is 23.8 Å². The number of hydrogen-bond donors (Lipinski definition) is 1. The predicted octanol–water partition coefficient (Wildman–Crippen LogP) is 3.37. The summed E-state index contributed by atoms with van der Waals surface area (Å²) in [5.41, 5.74) is 1.45. The molecule has 0 aliphatic carbocycles. The third kappa shape index (κ3) is 4.11. The topological polar surface area (TPSA) is 12.0 Å². The fraction of sp³-hybridized carbons (Fsp3) is 0.385. The molecule has 0 amide bonds. The smallest absolute Gasteiger partial charge is 0.133 e. The summed E-state index contributed by atoms with van der Waals surface area (Å²) in [6, 6.07) is 3.62. The molecule has 1 aromatic carbocycles. The second-order valence-electron chi connectivity index (χ2n) is 3.83. The maximum absolute atomic E-state index is 13.3. The molecule has 16 heavy (non-hydrogen) atoms. The summed E-state index contributed by atoms with van der Waals surface area (Å²) in [5, 5.41) is 3.22. The molecule has 1 nitrogen and oxygen atoms in total. The lowest BCUT2D eigenvalue weighted by Gasteiger charge is -2.04. The third-order valence-electron chi connectivity index (χ3n) is 2.20. The van der Waals surface area contributed by atoms with E-state index >= 15 is 0 Å². The van der Waals surface area contributed by atoms with Crippen LogP contribution in [-0.2, 0) is 0 Å². The van der Waals surface area contributed by atoms with Crippen LogP contribution in [0.5, 0.6) is 0 Å². The summed E-state index contributed by atoms with van der Waals surface area (Å²) < 4.78 is 26.0. The molecule has 0 aliphatic heterocycles. The maximum Gasteiger partial charge on any atom is 0.133 e. The van der Waals surface area contributed by atoms with Crippen molar-refractivity contribution in [1.82, 2.24) is 5.32 Å². The summed E-state index contributed by atoms with van der Waals surface area (Å²) in [4.78, 5) is 0. The lowest BCUT2D eigenvalue weighted by Crippen LogP contribution is -2.16. The molecule has 0 atom stereocenters. The third-order valence-corrected chi connectivity index (χ3v) is 2.20. The number of nitrogens with one attached hydrogen (secondary N) is 1. The Balaban J connectivity index is 2.66. The highest BCUT2D eigenvalue weighted by atomic mass is 19.1. The van der Waals surface area contributed by atoms with Crippen molar-refractivity contribution in [2.45, 2.75) is 20.3 Å². The second-order valence-corrected chi connectivity index (χ2v) is 3.83. The van der Waals surface area contributed by atoms with Gasteiger partial charge in [0.05, 0.1) is 0 Å². The Hall–Kier alpha value is -1.22. The minimum absolute atomic E-state index is 0.428. The average molecular weight is 225 g/mol. The van der Waals surface area contributed by atoms with Crippen LogP contribution in [0.1, 0.15) is 25.8 Å². The fourth-order valence-corrected chi connectivity index (χ4v) is 1.40. The molecule has 1 rings (SSSR count). The van der Waals surface area contributed by atoms with Crippen LogP contribution < -0.4 is 5.32 Å². The molecule has 0 bridgehead atoms. The first-order valence-corrected chi connectivity index (χ1v) is 5.46. The van der Waals surface area contributed by atoms with Gasteiger partial charge < -0.3 is 5.32 Å². The first-order chi connectivity index (χ1) is 7.63. The molecular formula is C13H17F2N. The van der Waals surface area contributed by atoms with E-state index in [1.165, 1.54) is 12.1 Å². The Kier molecular flexibility index (Phi) is 5.12. The van der Waals surface area contributed by atoms with Crippen molar-refractivity contribution in [1.29, 1.82) is 0 Å². The molecule has 0 aromatic heterocycles. The van der Waals surface area contributed by atoms with Gasteiger partial charge in [-0.25, -0.2) is 8.78 Å². The largest absolute Gasteiger partial charge is 0.313 e. The van der Waals surface area contributed by atoms with Crippen molar-refractivity contribution in [2.24, 2.45) is 0 Å². The van der Waals surface area contributed by atoms with Gasteiger partial charge in [0.15, 0.2) is 0 Å². The number of halogens is 2. The van der Waals surface area contributed by atoms with E-state index in [4.69, 9.17) is 0 Å². The van der Waals surface area contributed by atoms with Crippen molar-refractivity contribution in [3.63, 3.8) is 0 Å². The molecule has 1 N–H and O–H groups in total. The van der Waals surface area contributed by atoms with E-state index in [-0.39, 0.29) is 0 Å². The van der Waals surface area contributed by atoms with E-state index in [0.717, 1.165) is 31.1 Å². The van der Waals surface area contributed by atoms with Crippen LogP contribution in [0.4, 0.5) is 8.78 Å².